The van der Waals surface area contributed by atoms with E-state index in [1.807, 2.05) is 0 Å². The second-order valence-corrected chi connectivity index (χ2v) is 4.14. The number of hydrogen-bond acceptors (Lipinski definition) is 5. The number of ether oxygens (including phenoxy) is 2. The standard InChI is InChI=1S/C12H20N2O5/c1-3-19-11(16)5-4-10(15)13-6-8-14(9-7-13)12(17)18-2/h3-9H2,1-2H3. The number of hydrogen-bond donors (Lipinski definition) is 0. The number of piperazine rings is 1. The Balaban J connectivity index is 2.29. The molecule has 0 atom stereocenters. The summed E-state index contributed by atoms with van der Waals surface area (Å²) in [6.07, 6.45) is -0.125. The maximum atomic E-state index is 11.8. The maximum Gasteiger partial charge on any atom is 0.409 e. The lowest BCUT2D eigenvalue weighted by Gasteiger charge is -2.33. The van der Waals surface area contributed by atoms with E-state index in [0.717, 1.165) is 0 Å². The van der Waals surface area contributed by atoms with Crippen LogP contribution in [0.15, 0.2) is 0 Å². The van der Waals surface area contributed by atoms with Gasteiger partial charge in [-0.2, -0.15) is 0 Å². The van der Waals surface area contributed by atoms with Crippen LogP contribution in [0.2, 0.25) is 0 Å². The number of amides is 2. The number of esters is 1. The van der Waals surface area contributed by atoms with Gasteiger partial charge >= 0.3 is 12.1 Å². The van der Waals surface area contributed by atoms with Gasteiger partial charge in [0.1, 0.15) is 0 Å². The molecule has 108 valence electrons. The second kappa shape index (κ2) is 7.60. The molecule has 0 saturated carbocycles. The number of carbonyl (C=O) groups is 3. The highest BCUT2D eigenvalue weighted by Crippen LogP contribution is 2.06. The largest absolute Gasteiger partial charge is 0.466 e. The first-order valence-corrected chi connectivity index (χ1v) is 6.34. The summed E-state index contributed by atoms with van der Waals surface area (Å²) in [5.41, 5.74) is 0. The predicted molar refractivity (Wildman–Crippen MR) is 66.4 cm³/mol. The molecule has 1 aliphatic heterocycles. The SMILES string of the molecule is CCOC(=O)CCC(=O)N1CCN(C(=O)OC)CC1. The number of methoxy groups -OCH3 is 1. The zero-order chi connectivity index (χ0) is 14.3. The van der Waals surface area contributed by atoms with Crippen LogP contribution in [0.25, 0.3) is 0 Å². The van der Waals surface area contributed by atoms with Gasteiger partial charge < -0.3 is 19.3 Å². The lowest BCUT2D eigenvalue weighted by atomic mass is 10.2. The quantitative estimate of drug-likeness (QED) is 0.685. The van der Waals surface area contributed by atoms with Gasteiger partial charge in [0.2, 0.25) is 5.91 Å². The first-order chi connectivity index (χ1) is 9.08. The minimum absolute atomic E-state index is 0.0856. The molecule has 0 bridgehead atoms. The molecule has 7 heteroatoms. The van der Waals surface area contributed by atoms with E-state index in [0.29, 0.717) is 32.8 Å². The topological polar surface area (TPSA) is 76.2 Å². The fraction of sp³-hybridized carbons (Fsp3) is 0.750. The minimum Gasteiger partial charge on any atom is -0.466 e. The average molecular weight is 272 g/mol. The molecular formula is C12H20N2O5. The zero-order valence-corrected chi connectivity index (χ0v) is 11.4. The molecule has 1 heterocycles. The Morgan fingerprint density at radius 2 is 1.58 bits per heavy atom. The van der Waals surface area contributed by atoms with Gasteiger partial charge in [-0.15, -0.1) is 0 Å². The molecule has 19 heavy (non-hydrogen) atoms. The fourth-order valence-corrected chi connectivity index (χ4v) is 1.87. The van der Waals surface area contributed by atoms with Crippen molar-refractivity contribution in [2.75, 3.05) is 39.9 Å². The van der Waals surface area contributed by atoms with Crippen molar-refractivity contribution < 1.29 is 23.9 Å². The highest BCUT2D eigenvalue weighted by atomic mass is 16.5. The molecule has 0 spiro atoms. The molecule has 2 amide bonds. The lowest BCUT2D eigenvalue weighted by molar-refractivity contribution is -0.146. The van der Waals surface area contributed by atoms with Crippen LogP contribution in [-0.4, -0.2) is 67.7 Å². The van der Waals surface area contributed by atoms with E-state index in [1.165, 1.54) is 7.11 Å². The van der Waals surface area contributed by atoms with Crippen LogP contribution < -0.4 is 0 Å². The Hall–Kier alpha value is -1.79. The van der Waals surface area contributed by atoms with E-state index in [9.17, 15) is 14.4 Å². The predicted octanol–water partition coefficient (Wildman–Crippen LogP) is 0.240. The first-order valence-electron chi connectivity index (χ1n) is 6.34. The minimum atomic E-state index is -0.376. The van der Waals surface area contributed by atoms with Crippen molar-refractivity contribution in [3.8, 4) is 0 Å². The van der Waals surface area contributed by atoms with E-state index in [-0.39, 0.29) is 30.8 Å². The van der Waals surface area contributed by atoms with E-state index in [2.05, 4.69) is 4.74 Å². The van der Waals surface area contributed by atoms with E-state index < -0.39 is 0 Å². The molecule has 0 aromatic carbocycles. The van der Waals surface area contributed by atoms with Crippen molar-refractivity contribution in [2.45, 2.75) is 19.8 Å². The summed E-state index contributed by atoms with van der Waals surface area (Å²) in [4.78, 5) is 37.5. The molecule has 1 rings (SSSR count). The molecule has 0 aromatic rings. The van der Waals surface area contributed by atoms with Crippen LogP contribution >= 0.6 is 0 Å². The Kier molecular flexibility index (Phi) is 6.11. The lowest BCUT2D eigenvalue weighted by Crippen LogP contribution is -2.50. The van der Waals surface area contributed by atoms with Crippen molar-refractivity contribution in [3.63, 3.8) is 0 Å². The van der Waals surface area contributed by atoms with Gasteiger partial charge in [0.05, 0.1) is 20.1 Å². The zero-order valence-electron chi connectivity index (χ0n) is 11.4. The summed E-state index contributed by atoms with van der Waals surface area (Å²) in [5, 5.41) is 0. The van der Waals surface area contributed by atoms with Crippen LogP contribution in [0.5, 0.6) is 0 Å². The molecule has 0 aromatic heterocycles. The van der Waals surface area contributed by atoms with Crippen LogP contribution in [-0.2, 0) is 19.1 Å². The Bertz CT molecular complexity index is 337. The van der Waals surface area contributed by atoms with Crippen molar-refractivity contribution in [3.05, 3.63) is 0 Å². The fourth-order valence-electron chi connectivity index (χ4n) is 1.87. The molecule has 0 N–H and O–H groups in total. The third kappa shape index (κ3) is 4.76. The summed E-state index contributed by atoms with van der Waals surface area (Å²) >= 11 is 0. The third-order valence-electron chi connectivity index (χ3n) is 2.91. The average Bonchev–Trinajstić information content (AvgIpc) is 2.44. The van der Waals surface area contributed by atoms with Gasteiger partial charge in [-0.25, -0.2) is 4.79 Å². The maximum absolute atomic E-state index is 11.8. The van der Waals surface area contributed by atoms with E-state index >= 15 is 0 Å². The highest BCUT2D eigenvalue weighted by molar-refractivity contribution is 5.81. The molecule has 0 aliphatic carbocycles. The molecule has 1 saturated heterocycles. The van der Waals surface area contributed by atoms with Crippen molar-refractivity contribution in [1.82, 2.24) is 9.80 Å². The Morgan fingerprint density at radius 3 is 2.11 bits per heavy atom. The van der Waals surface area contributed by atoms with E-state index in [4.69, 9.17) is 4.74 Å². The van der Waals surface area contributed by atoms with Crippen molar-refractivity contribution >= 4 is 18.0 Å². The van der Waals surface area contributed by atoms with Crippen LogP contribution in [0.3, 0.4) is 0 Å². The summed E-state index contributed by atoms with van der Waals surface area (Å²) in [6, 6.07) is 0. The third-order valence-corrected chi connectivity index (χ3v) is 2.91. The molecule has 0 radical (unpaired) electrons. The van der Waals surface area contributed by atoms with Gasteiger partial charge in [0.15, 0.2) is 0 Å². The molecule has 1 aliphatic rings. The highest BCUT2D eigenvalue weighted by Gasteiger charge is 2.24. The molecule has 0 unspecified atom stereocenters. The van der Waals surface area contributed by atoms with Gasteiger partial charge in [-0.3, -0.25) is 9.59 Å². The summed E-state index contributed by atoms with van der Waals surface area (Å²) < 4.78 is 9.38. The molecular weight excluding hydrogens is 252 g/mol. The van der Waals surface area contributed by atoms with Gasteiger partial charge in [0, 0.05) is 32.6 Å². The van der Waals surface area contributed by atoms with E-state index in [1.54, 1.807) is 16.7 Å². The monoisotopic (exact) mass is 272 g/mol. The smallest absolute Gasteiger partial charge is 0.409 e. The summed E-state index contributed by atoms with van der Waals surface area (Å²) in [7, 11) is 1.33. The Labute approximate surface area is 112 Å². The number of rotatable bonds is 4. The van der Waals surface area contributed by atoms with Crippen molar-refractivity contribution in [2.24, 2.45) is 0 Å². The molecule has 7 nitrogen and oxygen atoms in total. The van der Waals surface area contributed by atoms with Gasteiger partial charge in [-0.05, 0) is 6.92 Å². The van der Waals surface area contributed by atoms with Gasteiger partial charge in [0.25, 0.3) is 0 Å². The van der Waals surface area contributed by atoms with Crippen LogP contribution in [0.1, 0.15) is 19.8 Å². The summed E-state index contributed by atoms with van der Waals surface area (Å²) in [6.45, 7) is 3.90. The summed E-state index contributed by atoms with van der Waals surface area (Å²) in [5.74, 6) is -0.443. The normalized spacial score (nSPS) is 15.1. The Morgan fingerprint density at radius 1 is 1.00 bits per heavy atom. The first kappa shape index (κ1) is 15.3. The van der Waals surface area contributed by atoms with Crippen molar-refractivity contribution in [1.29, 1.82) is 0 Å². The second-order valence-electron chi connectivity index (χ2n) is 4.14. The number of carbonyl (C=O) groups excluding carboxylic acids is 3. The van der Waals surface area contributed by atoms with Crippen LogP contribution in [0.4, 0.5) is 4.79 Å². The number of nitrogens with zero attached hydrogens (tertiary/aromatic N) is 2. The molecule has 1 fully saturated rings. The van der Waals surface area contributed by atoms with Gasteiger partial charge in [-0.1, -0.05) is 0 Å². The van der Waals surface area contributed by atoms with Crippen LogP contribution in [0, 0.1) is 0 Å².